The van der Waals surface area contributed by atoms with Crippen LogP contribution in [0.3, 0.4) is 0 Å². The molecule has 0 saturated carbocycles. The van der Waals surface area contributed by atoms with E-state index in [0.29, 0.717) is 25.3 Å². The van der Waals surface area contributed by atoms with E-state index in [1.54, 1.807) is 12.1 Å². The third-order valence-corrected chi connectivity index (χ3v) is 2.68. The Morgan fingerprint density at radius 3 is 2.53 bits per heavy atom. The maximum atomic E-state index is 13.6. The van der Waals surface area contributed by atoms with Crippen molar-refractivity contribution in [3.63, 3.8) is 0 Å². The fourth-order valence-corrected chi connectivity index (χ4v) is 1.76. The SMILES string of the molecule is OCCCNCc1ccc(-c2c(F)cccc2F)o1. The van der Waals surface area contributed by atoms with Crippen LogP contribution in [-0.4, -0.2) is 18.3 Å². The number of benzene rings is 1. The highest BCUT2D eigenvalue weighted by molar-refractivity contribution is 5.59. The highest BCUT2D eigenvalue weighted by atomic mass is 19.1. The molecule has 19 heavy (non-hydrogen) atoms. The highest BCUT2D eigenvalue weighted by Gasteiger charge is 2.14. The van der Waals surface area contributed by atoms with Crippen LogP contribution in [0.15, 0.2) is 34.7 Å². The van der Waals surface area contributed by atoms with Gasteiger partial charge in [0, 0.05) is 6.61 Å². The van der Waals surface area contributed by atoms with Crippen molar-refractivity contribution in [2.75, 3.05) is 13.2 Å². The smallest absolute Gasteiger partial charge is 0.140 e. The fourth-order valence-electron chi connectivity index (χ4n) is 1.76. The molecular formula is C14H15F2NO2. The first-order valence-electron chi connectivity index (χ1n) is 6.07. The average Bonchev–Trinajstić information content (AvgIpc) is 2.83. The second-order valence-electron chi connectivity index (χ2n) is 4.12. The molecule has 0 aliphatic carbocycles. The van der Waals surface area contributed by atoms with E-state index in [4.69, 9.17) is 9.52 Å². The molecule has 0 aliphatic heterocycles. The Morgan fingerprint density at radius 1 is 1.11 bits per heavy atom. The first kappa shape index (κ1) is 13.7. The summed E-state index contributed by atoms with van der Waals surface area (Å²) < 4.78 is 32.5. The molecule has 1 heterocycles. The summed E-state index contributed by atoms with van der Waals surface area (Å²) in [6.45, 7) is 1.23. The topological polar surface area (TPSA) is 45.4 Å². The molecule has 0 amide bonds. The summed E-state index contributed by atoms with van der Waals surface area (Å²) in [5.74, 6) is -0.520. The van der Waals surface area contributed by atoms with Gasteiger partial charge in [-0.25, -0.2) is 8.78 Å². The molecule has 0 aliphatic rings. The lowest BCUT2D eigenvalue weighted by molar-refractivity contribution is 0.285. The predicted molar refractivity (Wildman–Crippen MR) is 67.5 cm³/mol. The molecule has 0 saturated heterocycles. The van der Waals surface area contributed by atoms with Gasteiger partial charge in [-0.15, -0.1) is 0 Å². The summed E-state index contributed by atoms with van der Waals surface area (Å²) in [5, 5.41) is 11.7. The Kier molecular flexibility index (Phi) is 4.65. The van der Waals surface area contributed by atoms with Gasteiger partial charge in [0.2, 0.25) is 0 Å². The van der Waals surface area contributed by atoms with Gasteiger partial charge in [0.1, 0.15) is 23.2 Å². The van der Waals surface area contributed by atoms with E-state index < -0.39 is 11.6 Å². The van der Waals surface area contributed by atoms with E-state index in [1.807, 2.05) is 0 Å². The quantitative estimate of drug-likeness (QED) is 0.791. The molecule has 0 radical (unpaired) electrons. The molecule has 2 rings (SSSR count). The standard InChI is InChI=1S/C14H15F2NO2/c15-11-3-1-4-12(16)14(11)13-6-5-10(19-13)9-17-7-2-8-18/h1,3-6,17-18H,2,7-9H2. The lowest BCUT2D eigenvalue weighted by Crippen LogP contribution is -2.15. The van der Waals surface area contributed by atoms with Crippen molar-refractivity contribution in [3.05, 3.63) is 47.7 Å². The fraction of sp³-hybridized carbons (Fsp3) is 0.286. The minimum atomic E-state index is -0.644. The molecular weight excluding hydrogens is 252 g/mol. The number of hydrogen-bond donors (Lipinski definition) is 2. The minimum absolute atomic E-state index is 0.122. The van der Waals surface area contributed by atoms with Gasteiger partial charge in [-0.2, -0.15) is 0 Å². The zero-order chi connectivity index (χ0) is 13.7. The molecule has 1 aromatic heterocycles. The van der Waals surface area contributed by atoms with Crippen LogP contribution in [0.2, 0.25) is 0 Å². The third kappa shape index (κ3) is 3.39. The van der Waals surface area contributed by atoms with E-state index in [-0.39, 0.29) is 17.9 Å². The lowest BCUT2D eigenvalue weighted by Gasteiger charge is -2.02. The van der Waals surface area contributed by atoms with E-state index >= 15 is 0 Å². The molecule has 1 aromatic carbocycles. The number of aliphatic hydroxyl groups excluding tert-OH is 1. The number of nitrogens with one attached hydrogen (secondary N) is 1. The summed E-state index contributed by atoms with van der Waals surface area (Å²) in [6.07, 6.45) is 0.648. The maximum Gasteiger partial charge on any atom is 0.140 e. The zero-order valence-electron chi connectivity index (χ0n) is 10.3. The Labute approximate surface area is 109 Å². The Bertz CT molecular complexity index is 520. The highest BCUT2D eigenvalue weighted by Crippen LogP contribution is 2.27. The number of rotatable bonds is 6. The molecule has 2 aromatic rings. The van der Waals surface area contributed by atoms with E-state index in [2.05, 4.69) is 5.32 Å². The third-order valence-electron chi connectivity index (χ3n) is 2.68. The van der Waals surface area contributed by atoms with Gasteiger partial charge in [0.25, 0.3) is 0 Å². The molecule has 0 unspecified atom stereocenters. The van der Waals surface area contributed by atoms with Gasteiger partial charge in [-0.3, -0.25) is 0 Å². The summed E-state index contributed by atoms with van der Waals surface area (Å²) in [7, 11) is 0. The molecule has 3 nitrogen and oxygen atoms in total. The average molecular weight is 267 g/mol. The van der Waals surface area contributed by atoms with Crippen LogP contribution in [0, 0.1) is 11.6 Å². The van der Waals surface area contributed by atoms with Crippen LogP contribution < -0.4 is 5.32 Å². The van der Waals surface area contributed by atoms with Crippen molar-refractivity contribution in [3.8, 4) is 11.3 Å². The van der Waals surface area contributed by atoms with Crippen LogP contribution in [0.4, 0.5) is 8.78 Å². The molecule has 0 bridgehead atoms. The Hall–Kier alpha value is -1.72. The Balaban J connectivity index is 2.08. The van der Waals surface area contributed by atoms with Gasteiger partial charge >= 0.3 is 0 Å². The minimum Gasteiger partial charge on any atom is -0.460 e. The molecule has 2 N–H and O–H groups in total. The van der Waals surface area contributed by atoms with Gasteiger partial charge in [0.05, 0.1) is 12.1 Å². The predicted octanol–water partition coefficient (Wildman–Crippen LogP) is 2.70. The Morgan fingerprint density at radius 2 is 1.84 bits per heavy atom. The van der Waals surface area contributed by atoms with Crippen molar-refractivity contribution in [2.24, 2.45) is 0 Å². The van der Waals surface area contributed by atoms with Crippen LogP contribution in [0.1, 0.15) is 12.2 Å². The van der Waals surface area contributed by atoms with E-state index in [0.717, 1.165) is 0 Å². The van der Waals surface area contributed by atoms with Crippen molar-refractivity contribution in [1.82, 2.24) is 5.32 Å². The van der Waals surface area contributed by atoms with Crippen molar-refractivity contribution < 1.29 is 18.3 Å². The number of furan rings is 1. The van der Waals surface area contributed by atoms with Gasteiger partial charge in [0.15, 0.2) is 0 Å². The largest absolute Gasteiger partial charge is 0.460 e. The summed E-state index contributed by atoms with van der Waals surface area (Å²) in [5.41, 5.74) is -0.149. The van der Waals surface area contributed by atoms with E-state index in [1.165, 1.54) is 18.2 Å². The number of aliphatic hydroxyl groups is 1. The molecule has 102 valence electrons. The molecule has 0 spiro atoms. The molecule has 5 heteroatoms. The van der Waals surface area contributed by atoms with Gasteiger partial charge in [-0.1, -0.05) is 6.07 Å². The van der Waals surface area contributed by atoms with Crippen molar-refractivity contribution in [1.29, 1.82) is 0 Å². The zero-order valence-corrected chi connectivity index (χ0v) is 10.3. The lowest BCUT2D eigenvalue weighted by atomic mass is 10.1. The van der Waals surface area contributed by atoms with Crippen molar-refractivity contribution in [2.45, 2.75) is 13.0 Å². The second-order valence-corrected chi connectivity index (χ2v) is 4.12. The van der Waals surface area contributed by atoms with Crippen LogP contribution in [0.25, 0.3) is 11.3 Å². The first-order chi connectivity index (χ1) is 9.22. The maximum absolute atomic E-state index is 13.6. The second kappa shape index (κ2) is 6.45. The normalized spacial score (nSPS) is 10.9. The van der Waals surface area contributed by atoms with Crippen molar-refractivity contribution >= 4 is 0 Å². The van der Waals surface area contributed by atoms with Crippen LogP contribution in [0.5, 0.6) is 0 Å². The molecule has 0 atom stereocenters. The van der Waals surface area contributed by atoms with Crippen LogP contribution in [-0.2, 0) is 6.54 Å². The first-order valence-corrected chi connectivity index (χ1v) is 6.07. The summed E-state index contributed by atoms with van der Waals surface area (Å²) in [6, 6.07) is 6.92. The summed E-state index contributed by atoms with van der Waals surface area (Å²) >= 11 is 0. The monoisotopic (exact) mass is 267 g/mol. The summed E-state index contributed by atoms with van der Waals surface area (Å²) in [4.78, 5) is 0. The van der Waals surface area contributed by atoms with Gasteiger partial charge < -0.3 is 14.8 Å². The number of halogens is 2. The molecule has 0 fully saturated rings. The van der Waals surface area contributed by atoms with Crippen LogP contribution >= 0.6 is 0 Å². The number of hydrogen-bond acceptors (Lipinski definition) is 3. The van der Waals surface area contributed by atoms with E-state index in [9.17, 15) is 8.78 Å². The van der Waals surface area contributed by atoms with Gasteiger partial charge in [-0.05, 0) is 37.2 Å².